The second kappa shape index (κ2) is 21.5. The molecule has 0 atom stereocenters. The lowest BCUT2D eigenvalue weighted by molar-refractivity contribution is -0.251. The second-order valence-corrected chi connectivity index (χ2v) is 10.00. The largest absolute Gasteiger partial charge is 0.599 e. The number of hydrogen-bond acceptors (Lipinski definition) is 11. The van der Waals surface area contributed by atoms with Crippen LogP contribution in [0, 0.1) is 0 Å². The lowest BCUT2D eigenvalue weighted by atomic mass is 9.98. The molecule has 0 saturated heterocycles. The van der Waals surface area contributed by atoms with Crippen LogP contribution in [0.3, 0.4) is 0 Å². The predicted octanol–water partition coefficient (Wildman–Crippen LogP) is 0.777. The molecule has 2 aromatic rings. The molecule has 0 aliphatic heterocycles. The van der Waals surface area contributed by atoms with Gasteiger partial charge in [0, 0.05) is 31.4 Å². The number of rotatable bonds is 23. The zero-order valence-electron chi connectivity index (χ0n) is 24.9. The first-order chi connectivity index (χ1) is 21.6. The summed E-state index contributed by atoms with van der Waals surface area (Å²) in [6, 6.07) is 16.3. The maximum absolute atomic E-state index is 12.1. The zero-order chi connectivity index (χ0) is 31.2. The summed E-state index contributed by atoms with van der Waals surface area (Å²) in [6.45, 7) is 3.64. The minimum absolute atomic E-state index is 0.000336. The van der Waals surface area contributed by atoms with E-state index in [4.69, 9.17) is 28.4 Å². The first-order valence-electron chi connectivity index (χ1n) is 14.7. The fraction of sp³-hybridized carbons (Fsp3) is 0.516. The molecule has 0 fully saturated rings. The number of amides is 2. The van der Waals surface area contributed by atoms with Gasteiger partial charge in [-0.2, -0.15) is 12.6 Å². The molecular formula is C31H42N3O9S-. The molecule has 2 amide bonds. The number of hydrogen-bond donors (Lipinski definition) is 3. The summed E-state index contributed by atoms with van der Waals surface area (Å²) in [5, 5.41) is 17.5. The van der Waals surface area contributed by atoms with E-state index in [1.807, 2.05) is 24.3 Å². The van der Waals surface area contributed by atoms with Crippen molar-refractivity contribution in [1.29, 1.82) is 0 Å². The third kappa shape index (κ3) is 13.2. The molecule has 2 N–H and O–H groups in total. The van der Waals surface area contributed by atoms with E-state index < -0.39 is 6.08 Å². The van der Waals surface area contributed by atoms with E-state index in [2.05, 4.69) is 52.5 Å². The highest BCUT2D eigenvalue weighted by atomic mass is 32.1. The molecule has 0 radical (unpaired) electrons. The average Bonchev–Trinajstić information content (AvgIpc) is 3.36. The van der Waals surface area contributed by atoms with Crippen LogP contribution in [0.1, 0.15) is 17.0 Å². The van der Waals surface area contributed by atoms with Crippen molar-refractivity contribution in [3.8, 4) is 11.1 Å². The molecule has 2 aromatic carbocycles. The Hall–Kier alpha value is -3.20. The summed E-state index contributed by atoms with van der Waals surface area (Å²) in [5.41, 5.74) is 4.66. The van der Waals surface area contributed by atoms with Crippen molar-refractivity contribution in [3.05, 3.63) is 59.7 Å². The van der Waals surface area contributed by atoms with Crippen molar-refractivity contribution in [3.63, 3.8) is 0 Å². The van der Waals surface area contributed by atoms with Gasteiger partial charge in [-0.25, -0.2) is 0 Å². The lowest BCUT2D eigenvalue weighted by Crippen LogP contribution is -2.31. The fourth-order valence-electron chi connectivity index (χ4n) is 4.39. The van der Waals surface area contributed by atoms with Gasteiger partial charge >= 0.3 is 0 Å². The Labute approximate surface area is 263 Å². The highest BCUT2D eigenvalue weighted by Crippen LogP contribution is 2.44. The number of nitrogens with zero attached hydrogens (tertiary/aromatic N) is 1. The molecule has 0 aromatic heterocycles. The van der Waals surface area contributed by atoms with Crippen molar-refractivity contribution < 1.29 is 43.1 Å². The van der Waals surface area contributed by atoms with Crippen molar-refractivity contribution in [1.82, 2.24) is 10.6 Å². The van der Waals surface area contributed by atoms with E-state index in [1.54, 1.807) is 0 Å². The molecule has 12 nitrogen and oxygen atoms in total. The summed E-state index contributed by atoms with van der Waals surface area (Å²) < 4.78 is 32.1. The van der Waals surface area contributed by atoms with Crippen LogP contribution >= 0.6 is 12.6 Å². The highest BCUT2D eigenvalue weighted by Gasteiger charge is 2.26. The van der Waals surface area contributed by atoms with Crippen LogP contribution in [0.4, 0.5) is 0 Å². The van der Waals surface area contributed by atoms with Gasteiger partial charge < -0.3 is 44.2 Å². The number of benzene rings is 2. The topological polar surface area (TPSA) is 149 Å². The molecule has 44 heavy (non-hydrogen) atoms. The lowest BCUT2D eigenvalue weighted by Gasteiger charge is -2.21. The maximum Gasteiger partial charge on any atom is 0.246 e. The number of thiol groups is 1. The first-order valence-corrected chi connectivity index (χ1v) is 15.3. The van der Waals surface area contributed by atoms with Gasteiger partial charge in [0.25, 0.3) is 0 Å². The van der Waals surface area contributed by atoms with E-state index in [0.717, 1.165) is 11.1 Å². The normalized spacial score (nSPS) is 12.5. The van der Waals surface area contributed by atoms with Crippen LogP contribution in [0.25, 0.3) is 11.1 Å². The average molecular weight is 633 g/mol. The van der Waals surface area contributed by atoms with Crippen molar-refractivity contribution in [2.75, 3.05) is 98.1 Å². The summed E-state index contributed by atoms with van der Waals surface area (Å²) in [5.74, 6) is 0.129. The molecule has 1 aliphatic carbocycles. The molecule has 13 heteroatoms. The zero-order valence-corrected chi connectivity index (χ0v) is 25.8. The second-order valence-electron chi connectivity index (χ2n) is 9.55. The molecule has 0 unspecified atom stereocenters. The van der Waals surface area contributed by atoms with Crippen LogP contribution in [-0.2, 0) is 38.0 Å². The van der Waals surface area contributed by atoms with Crippen LogP contribution in [0.5, 0.6) is 0 Å². The van der Waals surface area contributed by atoms with Crippen LogP contribution in [0.15, 0.2) is 53.5 Å². The standard InChI is InChI=1S/C31H43N3O9S/c35-29(22-41-18-16-40-17-19-42-23-30(36)33-11-20-44)32-9-12-38-14-15-39-13-10-34-31(37)43-21-28-26-7-3-1-5-24(26)25-6-2-4-8-27(25)28/h1-8,28,44H,9-23H2,(H,32,35)(H,33,36)(H,34,37)/p-1. The summed E-state index contributed by atoms with van der Waals surface area (Å²) in [4.78, 5) is 27.0. The Balaban J connectivity index is 1.10. The van der Waals surface area contributed by atoms with E-state index in [-0.39, 0.29) is 63.9 Å². The number of aliphatic imine (C=N–C) groups is 1. The summed E-state index contributed by atoms with van der Waals surface area (Å²) in [6.07, 6.45) is -0.605. The highest BCUT2D eigenvalue weighted by molar-refractivity contribution is 7.80. The molecular weight excluding hydrogens is 590 g/mol. The smallest absolute Gasteiger partial charge is 0.246 e. The fourth-order valence-corrected chi connectivity index (χ4v) is 4.50. The van der Waals surface area contributed by atoms with Gasteiger partial charge in [-0.3, -0.25) is 14.6 Å². The molecule has 0 saturated carbocycles. The third-order valence-electron chi connectivity index (χ3n) is 6.40. The Morgan fingerprint density at radius 2 is 1.20 bits per heavy atom. The number of fused-ring (bicyclic) bond motifs is 3. The monoisotopic (exact) mass is 632 g/mol. The van der Waals surface area contributed by atoms with Gasteiger partial charge in [-0.15, -0.1) is 0 Å². The Morgan fingerprint density at radius 3 is 1.80 bits per heavy atom. The van der Waals surface area contributed by atoms with E-state index in [1.165, 1.54) is 11.1 Å². The number of carbonyl (C=O) groups excluding carboxylic acids is 2. The number of nitrogens with one attached hydrogen (secondary N) is 2. The Bertz CT molecular complexity index is 1120. The Morgan fingerprint density at radius 1 is 0.705 bits per heavy atom. The molecule has 242 valence electrons. The van der Waals surface area contributed by atoms with Gasteiger partial charge in [0.15, 0.2) is 0 Å². The van der Waals surface area contributed by atoms with Crippen molar-refractivity contribution in [2.24, 2.45) is 4.99 Å². The molecule has 1 aliphatic rings. The molecule has 0 bridgehead atoms. The van der Waals surface area contributed by atoms with E-state index in [0.29, 0.717) is 51.9 Å². The van der Waals surface area contributed by atoms with Crippen LogP contribution in [-0.4, -0.2) is 116 Å². The number of ether oxygens (including phenoxy) is 6. The van der Waals surface area contributed by atoms with Gasteiger partial charge in [-0.05, 0) is 22.3 Å². The Kier molecular flexibility index (Phi) is 17.2. The van der Waals surface area contributed by atoms with Gasteiger partial charge in [0.2, 0.25) is 11.8 Å². The molecule has 3 rings (SSSR count). The van der Waals surface area contributed by atoms with Crippen LogP contribution < -0.4 is 15.7 Å². The minimum atomic E-state index is -0.605. The van der Waals surface area contributed by atoms with Gasteiger partial charge in [0.05, 0.1) is 59.4 Å². The van der Waals surface area contributed by atoms with Crippen molar-refractivity contribution >= 4 is 30.5 Å². The first kappa shape index (κ1) is 35.3. The molecule has 0 heterocycles. The molecule has 0 spiro atoms. The minimum Gasteiger partial charge on any atom is -0.599 e. The number of carbonyl (C=O) groups is 2. The summed E-state index contributed by atoms with van der Waals surface area (Å²) >= 11 is 4.00. The maximum atomic E-state index is 12.1. The third-order valence-corrected chi connectivity index (χ3v) is 6.62. The van der Waals surface area contributed by atoms with E-state index >= 15 is 0 Å². The van der Waals surface area contributed by atoms with Crippen molar-refractivity contribution in [2.45, 2.75) is 5.92 Å². The van der Waals surface area contributed by atoms with E-state index in [9.17, 15) is 14.7 Å². The quantitative estimate of drug-likeness (QED) is 0.0700. The summed E-state index contributed by atoms with van der Waals surface area (Å²) in [7, 11) is 0. The van der Waals surface area contributed by atoms with Gasteiger partial charge in [-0.1, -0.05) is 48.5 Å². The SMILES string of the molecule is O=C(COCCOCCOCC(=O)NCCOCCOCCN=C([O-])OCC1c2ccccc2-c2ccccc21)NCCS. The van der Waals surface area contributed by atoms with Gasteiger partial charge in [0.1, 0.15) is 19.3 Å². The predicted molar refractivity (Wildman–Crippen MR) is 166 cm³/mol. The van der Waals surface area contributed by atoms with Crippen LogP contribution in [0.2, 0.25) is 0 Å².